The van der Waals surface area contributed by atoms with E-state index in [1.54, 1.807) is 0 Å². The molecule has 6 heteroatoms. The van der Waals surface area contributed by atoms with Crippen LogP contribution in [0.25, 0.3) is 0 Å². The second kappa shape index (κ2) is 16.6. The third-order valence-corrected chi connectivity index (χ3v) is 4.22. The van der Waals surface area contributed by atoms with Crippen LogP contribution < -0.4 is 5.32 Å². The van der Waals surface area contributed by atoms with Gasteiger partial charge in [-0.25, -0.2) is 0 Å². The summed E-state index contributed by atoms with van der Waals surface area (Å²) in [7, 11) is 2.00. The van der Waals surface area contributed by atoms with Crippen molar-refractivity contribution in [3.8, 4) is 0 Å². The molecule has 0 aliphatic rings. The van der Waals surface area contributed by atoms with Crippen molar-refractivity contribution in [1.82, 2.24) is 10.2 Å². The van der Waals surface area contributed by atoms with Gasteiger partial charge >= 0.3 is 11.9 Å². The fourth-order valence-corrected chi connectivity index (χ4v) is 1.89. The number of carbonyl (C=O) groups is 2. The van der Waals surface area contributed by atoms with Crippen LogP contribution in [0.3, 0.4) is 0 Å². The highest BCUT2D eigenvalue weighted by Crippen LogP contribution is 2.18. The Hall–Kier alpha value is -1.14. The molecule has 1 N–H and O–H groups in total. The first-order valence-electron chi connectivity index (χ1n) is 11.0. The molecule has 0 aromatic heterocycles. The summed E-state index contributed by atoms with van der Waals surface area (Å²) in [5.41, 5.74) is 0.475. The predicted molar refractivity (Wildman–Crippen MR) is 121 cm³/mol. The lowest BCUT2D eigenvalue weighted by atomic mass is 9.93. The molecule has 0 saturated heterocycles. The predicted octanol–water partition coefficient (Wildman–Crippen LogP) is 4.27. The molecule has 0 atom stereocenters. The molecule has 0 unspecified atom stereocenters. The van der Waals surface area contributed by atoms with Gasteiger partial charge in [0.05, 0.1) is 26.1 Å². The van der Waals surface area contributed by atoms with Gasteiger partial charge in [-0.3, -0.25) is 9.59 Å². The zero-order valence-electron chi connectivity index (χ0n) is 20.7. The number of carbonyl (C=O) groups excluding carboxylic acids is 2. The minimum absolute atomic E-state index is 0.0837. The van der Waals surface area contributed by atoms with E-state index < -0.39 is 0 Å². The summed E-state index contributed by atoms with van der Waals surface area (Å²) in [6.45, 7) is 21.4. The fraction of sp³-hybridized carbons (Fsp3) is 0.913. The van der Waals surface area contributed by atoms with Gasteiger partial charge in [0.2, 0.25) is 0 Å². The minimum atomic E-state index is -0.102. The zero-order valence-corrected chi connectivity index (χ0v) is 20.7. The molecular weight excluding hydrogens is 368 g/mol. The van der Waals surface area contributed by atoms with Crippen LogP contribution in [-0.2, 0) is 19.1 Å². The number of hydrogen-bond donors (Lipinski definition) is 1. The Labute approximate surface area is 180 Å². The molecule has 0 aromatic carbocycles. The van der Waals surface area contributed by atoms with E-state index in [1.807, 2.05) is 14.0 Å². The lowest BCUT2D eigenvalue weighted by Crippen LogP contribution is -2.22. The molecule has 0 spiro atoms. The number of ether oxygens (including phenoxy) is 2. The maximum Gasteiger partial charge on any atom is 0.307 e. The van der Waals surface area contributed by atoms with Crippen molar-refractivity contribution in [1.29, 1.82) is 0 Å². The van der Waals surface area contributed by atoms with E-state index in [4.69, 9.17) is 9.47 Å². The Morgan fingerprint density at radius 2 is 1.28 bits per heavy atom. The minimum Gasteiger partial charge on any atom is -0.466 e. The van der Waals surface area contributed by atoms with E-state index in [0.717, 1.165) is 32.5 Å². The molecule has 0 aromatic rings. The number of nitrogens with zero attached hydrogens (tertiary/aromatic N) is 1. The monoisotopic (exact) mass is 416 g/mol. The summed E-state index contributed by atoms with van der Waals surface area (Å²) in [4.78, 5) is 24.5. The van der Waals surface area contributed by atoms with Crippen LogP contribution >= 0.6 is 0 Å². The lowest BCUT2D eigenvalue weighted by Gasteiger charge is -2.18. The third kappa shape index (κ3) is 26.9. The van der Waals surface area contributed by atoms with Gasteiger partial charge in [-0.05, 0) is 43.8 Å². The molecule has 174 valence electrons. The Kier molecular flexibility index (Phi) is 17.2. The van der Waals surface area contributed by atoms with E-state index in [9.17, 15) is 9.59 Å². The van der Waals surface area contributed by atoms with Crippen LogP contribution in [0.15, 0.2) is 0 Å². The largest absolute Gasteiger partial charge is 0.466 e. The van der Waals surface area contributed by atoms with E-state index in [1.165, 1.54) is 0 Å². The van der Waals surface area contributed by atoms with Crippen molar-refractivity contribution >= 4 is 11.9 Å². The summed E-state index contributed by atoms with van der Waals surface area (Å²) in [5.74, 6) is -0.185. The van der Waals surface area contributed by atoms with Gasteiger partial charge in [-0.1, -0.05) is 55.4 Å². The fourth-order valence-electron chi connectivity index (χ4n) is 1.89. The summed E-state index contributed by atoms with van der Waals surface area (Å²) < 4.78 is 10.2. The number of esters is 2. The lowest BCUT2D eigenvalue weighted by molar-refractivity contribution is -0.145. The first kappa shape index (κ1) is 30.1. The Bertz CT molecular complexity index is 426. The Morgan fingerprint density at radius 3 is 1.66 bits per heavy atom. The molecule has 29 heavy (non-hydrogen) atoms. The number of rotatable bonds is 12. The van der Waals surface area contributed by atoms with Crippen LogP contribution in [0.1, 0.15) is 81.1 Å². The maximum atomic E-state index is 11.3. The highest BCUT2D eigenvalue weighted by Gasteiger charge is 2.12. The molecule has 0 rings (SSSR count). The van der Waals surface area contributed by atoms with E-state index in [0.29, 0.717) is 32.6 Å². The molecule has 0 aliphatic heterocycles. The normalized spacial score (nSPS) is 11.7. The summed E-state index contributed by atoms with van der Waals surface area (Å²) >= 11 is 0. The summed E-state index contributed by atoms with van der Waals surface area (Å²) in [6, 6.07) is 0. The zero-order chi connectivity index (χ0) is 22.9. The van der Waals surface area contributed by atoms with Crippen molar-refractivity contribution in [3.63, 3.8) is 0 Å². The topological polar surface area (TPSA) is 67.9 Å². The molecule has 0 aliphatic carbocycles. The molecule has 0 amide bonds. The molecular formula is C23H48N2O4. The average molecular weight is 417 g/mol. The summed E-state index contributed by atoms with van der Waals surface area (Å²) in [6.07, 6.45) is 2.80. The molecule has 0 fully saturated rings. The number of nitrogens with one attached hydrogen (secondary N) is 1. The van der Waals surface area contributed by atoms with Crippen LogP contribution in [0.4, 0.5) is 0 Å². The van der Waals surface area contributed by atoms with Crippen molar-refractivity contribution in [2.24, 2.45) is 10.8 Å². The van der Waals surface area contributed by atoms with E-state index in [-0.39, 0.29) is 22.8 Å². The quantitative estimate of drug-likeness (QED) is 0.378. The molecule has 0 heterocycles. The van der Waals surface area contributed by atoms with Crippen molar-refractivity contribution in [3.05, 3.63) is 0 Å². The van der Waals surface area contributed by atoms with E-state index in [2.05, 4.69) is 58.7 Å². The smallest absolute Gasteiger partial charge is 0.307 e. The molecule has 6 nitrogen and oxygen atoms in total. The SMILES string of the molecule is CCN(C)CCC(=O)OCCC(C)(C)C.CCNCCC(=O)OCCC(C)(C)C. The second-order valence-electron chi connectivity index (χ2n) is 9.81. The third-order valence-electron chi connectivity index (χ3n) is 4.22. The molecule has 0 bridgehead atoms. The van der Waals surface area contributed by atoms with E-state index >= 15 is 0 Å². The highest BCUT2D eigenvalue weighted by molar-refractivity contribution is 5.69. The molecule has 0 saturated carbocycles. The van der Waals surface area contributed by atoms with Gasteiger partial charge < -0.3 is 19.7 Å². The Morgan fingerprint density at radius 1 is 0.828 bits per heavy atom. The van der Waals surface area contributed by atoms with Crippen LogP contribution in [-0.4, -0.2) is 63.3 Å². The van der Waals surface area contributed by atoms with Crippen molar-refractivity contribution in [2.75, 3.05) is 46.4 Å². The van der Waals surface area contributed by atoms with Gasteiger partial charge in [0.1, 0.15) is 0 Å². The maximum absolute atomic E-state index is 11.3. The van der Waals surface area contributed by atoms with Crippen molar-refractivity contribution < 1.29 is 19.1 Å². The first-order chi connectivity index (χ1) is 13.3. The summed E-state index contributed by atoms with van der Waals surface area (Å²) in [5, 5.41) is 3.08. The first-order valence-corrected chi connectivity index (χ1v) is 11.0. The highest BCUT2D eigenvalue weighted by atomic mass is 16.5. The van der Waals surface area contributed by atoms with Crippen LogP contribution in [0.5, 0.6) is 0 Å². The van der Waals surface area contributed by atoms with Crippen LogP contribution in [0.2, 0.25) is 0 Å². The molecule has 0 radical (unpaired) electrons. The van der Waals surface area contributed by atoms with Crippen molar-refractivity contribution in [2.45, 2.75) is 81.1 Å². The number of hydrogen-bond acceptors (Lipinski definition) is 6. The second-order valence-corrected chi connectivity index (χ2v) is 9.81. The van der Waals surface area contributed by atoms with Crippen LogP contribution in [0, 0.1) is 10.8 Å². The standard InChI is InChI=1S/C12H25NO2.C11H23NO2/c1-6-13(5)9-7-11(14)15-10-8-12(2,3)4;1-5-12-8-6-10(13)14-9-7-11(2,3)4/h6-10H2,1-5H3;12H,5-9H2,1-4H3. The van der Waals surface area contributed by atoms with Gasteiger partial charge in [0.25, 0.3) is 0 Å². The average Bonchev–Trinajstić information content (AvgIpc) is 2.58. The van der Waals surface area contributed by atoms with Gasteiger partial charge in [-0.15, -0.1) is 0 Å². The van der Waals surface area contributed by atoms with Gasteiger partial charge in [0.15, 0.2) is 0 Å². The Balaban J connectivity index is 0. The van der Waals surface area contributed by atoms with Gasteiger partial charge in [-0.2, -0.15) is 0 Å². The van der Waals surface area contributed by atoms with Gasteiger partial charge in [0, 0.05) is 13.1 Å².